The number of aromatic hydroxyl groups is 1. The number of ketones is 1. The number of carbonyl (C=O) groups is 17. The molecule has 15 atom stereocenters. The number of primary amides is 2. The highest BCUT2D eigenvalue weighted by molar-refractivity contribution is 8.00. The van der Waals surface area contributed by atoms with Crippen LogP contribution in [-0.2, 0) is 107 Å². The van der Waals surface area contributed by atoms with Crippen LogP contribution in [0.15, 0.2) is 110 Å². The molecule has 0 radical (unpaired) electrons. The number of hydrogen-bond acceptors (Lipinski definition) is 26. The van der Waals surface area contributed by atoms with Crippen molar-refractivity contribution in [1.82, 2.24) is 103 Å². The summed E-state index contributed by atoms with van der Waals surface area (Å²) >= 11 is 0.752. The van der Waals surface area contributed by atoms with Gasteiger partial charge >= 0.3 is 5.97 Å². The fraction of sp³-hybridized carbons (Fsp3) is 0.494. The first-order valence-corrected chi connectivity index (χ1v) is 45.6. The number of carboxylic acids is 1. The average Bonchev–Trinajstić information content (AvgIpc) is 1.61. The van der Waals surface area contributed by atoms with Gasteiger partial charge in [0.15, 0.2) is 11.6 Å². The Morgan fingerprint density at radius 3 is 1.90 bits per heavy atom. The van der Waals surface area contributed by atoms with Crippen LogP contribution >= 0.6 is 11.8 Å². The number of Topliss-reactive ketones (excluding diaryl/α,β-unsaturated/α-hetero) is 1. The van der Waals surface area contributed by atoms with E-state index in [0.717, 1.165) is 37.2 Å². The number of H-pyrrole nitrogens is 2. The molecule has 2 fully saturated rings. The zero-order valence-electron chi connectivity index (χ0n) is 75.0. The van der Waals surface area contributed by atoms with Crippen molar-refractivity contribution in [2.24, 2.45) is 28.9 Å². The topological polar surface area (TPSA) is 664 Å². The number of rotatable bonds is 24. The highest BCUT2D eigenvalue weighted by Crippen LogP contribution is 2.32. The fourth-order valence-corrected chi connectivity index (χ4v) is 17.5. The monoisotopic (exact) mass is 1870 g/mol. The highest BCUT2D eigenvalue weighted by Gasteiger charge is 2.47. The Hall–Kier alpha value is -13.8. The van der Waals surface area contributed by atoms with E-state index in [2.05, 4.69) is 78.3 Å². The van der Waals surface area contributed by atoms with Gasteiger partial charge in [-0.25, -0.2) is 9.67 Å². The maximum absolute atomic E-state index is 15.7. The number of nitrogens with one attached hydrogen (secondary N) is 11. The Kier molecular flexibility index (Phi) is 37.1. The number of nitrogens with zero attached hydrogens (tertiary/aromatic N) is 9. The number of aromatic amines is 2. The van der Waals surface area contributed by atoms with E-state index in [-0.39, 0.29) is 75.2 Å². The van der Waals surface area contributed by atoms with Crippen LogP contribution in [0.3, 0.4) is 0 Å². The van der Waals surface area contributed by atoms with Crippen molar-refractivity contribution in [3.63, 3.8) is 0 Å². The number of aliphatic carboxylic acids is 1. The molecule has 720 valence electrons. The van der Waals surface area contributed by atoms with Crippen LogP contribution in [0.25, 0.3) is 21.7 Å². The summed E-state index contributed by atoms with van der Waals surface area (Å²) in [4.78, 5) is 261. The molecule has 44 nitrogen and oxygen atoms in total. The molecule has 7 aromatic rings. The van der Waals surface area contributed by atoms with Gasteiger partial charge in [-0.2, -0.15) is 0 Å². The van der Waals surface area contributed by atoms with E-state index in [1.165, 1.54) is 67.4 Å². The molecule has 2 saturated heterocycles. The van der Waals surface area contributed by atoms with Crippen molar-refractivity contribution in [3.8, 4) is 5.75 Å². The first-order chi connectivity index (χ1) is 64.1. The number of hydrogen-bond donors (Lipinski definition) is 18. The number of phenolic OH excluding ortho intramolecular Hbond substituents is 1. The summed E-state index contributed by atoms with van der Waals surface area (Å²) in [5.74, 6) is -19.2. The normalized spacial score (nSPS) is 24.7. The van der Waals surface area contributed by atoms with Crippen molar-refractivity contribution < 1.29 is 96.8 Å². The van der Waals surface area contributed by atoms with Crippen molar-refractivity contribution in [3.05, 3.63) is 138 Å². The third-order valence-corrected chi connectivity index (χ3v) is 25.1. The van der Waals surface area contributed by atoms with Crippen LogP contribution in [0.4, 0.5) is 0 Å². The Labute approximate surface area is 774 Å². The largest absolute Gasteiger partial charge is 0.508 e. The van der Waals surface area contributed by atoms with Gasteiger partial charge in [-0.1, -0.05) is 112 Å². The predicted octanol–water partition coefficient (Wildman–Crippen LogP) is -2.61. The number of para-hydroxylation sites is 1. The summed E-state index contributed by atoms with van der Waals surface area (Å²) in [6, 6.07) is 5.31. The fourth-order valence-electron chi connectivity index (χ4n) is 16.7. The number of thioether (sulfide) groups is 1. The van der Waals surface area contributed by atoms with Gasteiger partial charge in [-0.3, -0.25) is 81.5 Å². The SMILES string of the molecule is CCCC[C@H]1C(=O)N[C@@H](CN)C(=O)N[C@H](C(=O)NCC(N)=O)CSCC(=O)N[C@@H](Cc2ccc(O)cc2)C(=O)N(C)[C@@H](C)C(=O)N[C@@H](CC(=O)O)C(=O)N2CCC[C@H]2C(=O)N[C@@H](Cc2cnc[nH]2)C(=O)N[C@@H](CCC(N)=O)C(=O)N2C[C@H](O)C[C@H]2C(=O)C[C@@H](Cc2c[nH]c3ccccc23)C(=O)N[C@@H](CN)C(=O)N[C@@H](Cc2cccc3ccccc23)c2nnnn2[C@@H](CCCC)C(=O)N1C. The number of aromatic nitrogens is 7. The molecule has 0 aliphatic carbocycles. The van der Waals surface area contributed by atoms with Crippen LogP contribution in [0, 0.1) is 5.92 Å². The Bertz CT molecular complexity index is 5380. The second-order valence-electron chi connectivity index (χ2n) is 33.7. The van der Waals surface area contributed by atoms with Crippen molar-refractivity contribution >= 4 is 134 Å². The van der Waals surface area contributed by atoms with Gasteiger partial charge in [0.05, 0.1) is 43.2 Å². The number of unbranched alkanes of at least 4 members (excludes halogenated alkanes) is 2. The number of amides is 15. The van der Waals surface area contributed by atoms with E-state index >= 15 is 33.6 Å². The molecule has 6 heterocycles. The molecular weight excluding hydrogens is 1760 g/mol. The predicted molar refractivity (Wildman–Crippen MR) is 485 cm³/mol. The summed E-state index contributed by atoms with van der Waals surface area (Å²) in [5.41, 5.74) is 26.3. The highest BCUT2D eigenvalue weighted by atomic mass is 32.2. The lowest BCUT2D eigenvalue weighted by atomic mass is 9.90. The van der Waals surface area contributed by atoms with Crippen LogP contribution in [-0.4, -0.2) is 301 Å². The zero-order chi connectivity index (χ0) is 97.1. The van der Waals surface area contributed by atoms with Gasteiger partial charge in [0.1, 0.15) is 72.2 Å². The minimum absolute atomic E-state index is 0.00943. The molecule has 0 saturated carbocycles. The number of benzene rings is 4. The van der Waals surface area contributed by atoms with E-state index in [9.17, 15) is 63.3 Å². The Morgan fingerprint density at radius 2 is 1.22 bits per heavy atom. The molecule has 45 heteroatoms. The molecule has 3 aromatic heterocycles. The Balaban J connectivity index is 1.02. The molecule has 22 N–H and O–H groups in total. The second kappa shape index (κ2) is 48.5. The number of carboxylic acid groups (broad SMARTS) is 1. The second-order valence-corrected chi connectivity index (χ2v) is 34.7. The van der Waals surface area contributed by atoms with Gasteiger partial charge in [0.25, 0.3) is 0 Å². The van der Waals surface area contributed by atoms with Crippen molar-refractivity contribution in [2.45, 2.75) is 215 Å². The van der Waals surface area contributed by atoms with Gasteiger partial charge < -0.3 is 116 Å². The van der Waals surface area contributed by atoms with Crippen molar-refractivity contribution in [2.75, 3.05) is 58.3 Å². The van der Waals surface area contributed by atoms with Crippen LogP contribution < -0.4 is 70.8 Å². The third kappa shape index (κ3) is 27.2. The number of likely N-dealkylation sites (N-methyl/N-ethyl adjacent to an activating group) is 2. The van der Waals surface area contributed by atoms with E-state index in [1.54, 1.807) is 36.5 Å². The van der Waals surface area contributed by atoms with E-state index in [4.69, 9.17) is 22.9 Å². The summed E-state index contributed by atoms with van der Waals surface area (Å²) in [6.07, 6.45) is 0.613. The minimum Gasteiger partial charge on any atom is -0.508 e. The molecule has 3 aliphatic heterocycles. The van der Waals surface area contributed by atoms with Gasteiger partial charge in [-0.15, -0.1) is 16.9 Å². The third-order valence-electron chi connectivity index (χ3n) is 24.1. The lowest BCUT2D eigenvalue weighted by Gasteiger charge is -2.32. The zero-order valence-corrected chi connectivity index (χ0v) is 75.9. The number of aliphatic hydroxyl groups excluding tert-OH is 1. The number of fused-ring (bicyclic) bond motifs is 5. The van der Waals surface area contributed by atoms with E-state index in [0.29, 0.717) is 53.3 Å². The van der Waals surface area contributed by atoms with E-state index < -0.39 is 261 Å². The first-order valence-electron chi connectivity index (χ1n) is 44.5. The number of phenols is 1. The van der Waals surface area contributed by atoms with E-state index in [1.807, 2.05) is 50.2 Å². The number of tetrazole rings is 1. The summed E-state index contributed by atoms with van der Waals surface area (Å²) < 4.78 is 1.25. The summed E-state index contributed by atoms with van der Waals surface area (Å²) in [7, 11) is 2.56. The molecule has 0 spiro atoms. The number of carbonyl (C=O) groups excluding carboxylic acids is 16. The average molecular weight is 1880 g/mol. The summed E-state index contributed by atoms with van der Waals surface area (Å²) in [6.45, 7) is 2.37. The molecule has 0 unspecified atom stereocenters. The quantitative estimate of drug-likeness (QED) is 0.0295. The van der Waals surface area contributed by atoms with Crippen molar-refractivity contribution in [1.29, 1.82) is 0 Å². The Morgan fingerprint density at radius 1 is 0.590 bits per heavy atom. The molecule has 134 heavy (non-hydrogen) atoms. The van der Waals surface area contributed by atoms with Gasteiger partial charge in [0, 0.05) is 119 Å². The molecular formula is C89H118N24O20S. The number of aliphatic hydroxyl groups is 1. The van der Waals surface area contributed by atoms with Gasteiger partial charge in [0.2, 0.25) is 88.6 Å². The lowest BCUT2D eigenvalue weighted by molar-refractivity contribution is -0.147. The van der Waals surface area contributed by atoms with Crippen LogP contribution in [0.1, 0.15) is 145 Å². The molecule has 15 amide bonds. The standard InChI is InChI=1S/C89H118N24O20S/c1-6-8-22-68-84(128)104-66(40-91)83(127)105-67(80(124)96-43-74(93)118)45-134-46-75(119)98-63(32-49-25-27-55(114)28-26-49)86(130)109(4)48(3)78(122)102-64(38-76(120)121)88(132)111-31-15-24-69(111)85(129)101-62(36-54-42-94-47-97-54)81(125)99-60(29-30-73(92)117)87(131)112-44-56(115)37-71(112)72(116)35-52(33-53-41-95-59-21-13-12-20-58(53)59)79(123)103-65(39-90)82(126)100-61(34-51-18-14-17-50-16-10-11-19-57(50)51)77-106-107-108-113(77)70(23-9-7-2)89(133)110(68)5/h10-14,16-21,25-28,41-42,47-48,52,56,60-71,95,114-115H,6-9,15,22-24,29-40,43-46,90-91H2,1-5H3,(H2,92,117)(H2,93,118)(H,94,97)(H,96,124)(H,98,119)(H,99,125)(H,100,126)(H,101,129)(H,102,122)(H,103,123)(H,104,128)(H,105,127)(H,120,121)/t48-,52+,56+,60-,61-,62-,63-,64-,65-,66-,67-,68-,69-,70-,71-/m0/s1. The molecule has 4 aromatic carbocycles. The smallest absolute Gasteiger partial charge is 0.305 e. The van der Waals surface area contributed by atoms with Crippen LogP contribution in [0.5, 0.6) is 5.75 Å². The minimum atomic E-state index is -1.93. The molecule has 0 bridgehead atoms. The lowest BCUT2D eigenvalue weighted by Crippen LogP contribution is -2.60. The maximum Gasteiger partial charge on any atom is 0.305 e. The first kappa shape index (κ1) is 102. The number of imidazole rings is 1. The summed E-state index contributed by atoms with van der Waals surface area (Å²) in [5, 5.41) is 70.7. The van der Waals surface area contributed by atoms with Gasteiger partial charge in [-0.05, 0) is 102 Å². The number of nitrogens with two attached hydrogens (primary N) is 4. The maximum atomic E-state index is 15.7. The molecule has 3 aliphatic rings. The molecule has 10 rings (SSSR count). The van der Waals surface area contributed by atoms with Crippen LogP contribution in [0.2, 0.25) is 0 Å².